The van der Waals surface area contributed by atoms with Gasteiger partial charge >= 0.3 is 0 Å². The Balaban J connectivity index is 2.04. The Bertz CT molecular complexity index is 1210. The summed E-state index contributed by atoms with van der Waals surface area (Å²) in [4.78, 5) is 37.1. The van der Waals surface area contributed by atoms with Gasteiger partial charge in [0, 0.05) is 33.9 Å². The summed E-state index contributed by atoms with van der Waals surface area (Å²) in [6.45, 7) is 0.715. The fourth-order valence-electron chi connectivity index (χ4n) is 4.49. The second-order valence-corrected chi connectivity index (χ2v) is 8.36. The highest BCUT2D eigenvalue weighted by Crippen LogP contribution is 2.25. The smallest absolute Gasteiger partial charge is 0.267 e. The van der Waals surface area contributed by atoms with Crippen LogP contribution in [-0.4, -0.2) is 45.9 Å². The van der Waals surface area contributed by atoms with E-state index in [0.29, 0.717) is 40.2 Å². The van der Waals surface area contributed by atoms with E-state index in [9.17, 15) is 9.59 Å². The van der Waals surface area contributed by atoms with Crippen LogP contribution in [0.15, 0.2) is 40.2 Å². The molecule has 0 aromatic carbocycles. The second-order valence-electron chi connectivity index (χ2n) is 8.36. The Hall–Kier alpha value is -2.96. The number of amides is 1. The van der Waals surface area contributed by atoms with Gasteiger partial charge in [0.15, 0.2) is 0 Å². The minimum absolute atomic E-state index is 0.162. The van der Waals surface area contributed by atoms with Crippen molar-refractivity contribution < 1.29 is 4.79 Å². The van der Waals surface area contributed by atoms with Crippen LogP contribution in [0.2, 0.25) is 0 Å². The number of pyridine rings is 2. The third kappa shape index (κ3) is 3.64. The second kappa shape index (κ2) is 8.42. The van der Waals surface area contributed by atoms with E-state index < -0.39 is 0 Å². The topological polar surface area (TPSA) is 72.0 Å². The molecule has 3 aromatic heterocycles. The zero-order valence-electron chi connectivity index (χ0n) is 18.0. The molecule has 7 nitrogen and oxygen atoms in total. The molecule has 1 saturated carbocycles. The van der Waals surface area contributed by atoms with Crippen molar-refractivity contribution in [1.82, 2.24) is 18.9 Å². The highest BCUT2D eigenvalue weighted by atomic mass is 16.2. The molecule has 1 aliphatic rings. The van der Waals surface area contributed by atoms with Crippen LogP contribution in [0.25, 0.3) is 16.7 Å². The predicted molar refractivity (Wildman–Crippen MR) is 118 cm³/mol. The zero-order valence-corrected chi connectivity index (χ0v) is 18.0. The van der Waals surface area contributed by atoms with Gasteiger partial charge < -0.3 is 9.47 Å². The predicted octanol–water partition coefficient (Wildman–Crippen LogP) is 2.85. The normalized spacial score (nSPS) is 16.2. The lowest BCUT2D eigenvalue weighted by Crippen LogP contribution is -2.36. The molecular formula is C23H29N5O2. The lowest BCUT2D eigenvalue weighted by molar-refractivity contribution is 0.0825. The number of hydrogen-bond acceptors (Lipinski definition) is 4. The van der Waals surface area contributed by atoms with Gasteiger partial charge in [-0.1, -0.05) is 31.7 Å². The SMILES string of the molecule is CN=c1c(C(=O)N(C)C)cc2c(=O)n3ccccc3nc2n1CC1CCCCCC1. The Morgan fingerprint density at radius 1 is 1.20 bits per heavy atom. The monoisotopic (exact) mass is 407 g/mol. The molecule has 3 aromatic rings. The van der Waals surface area contributed by atoms with Crippen molar-refractivity contribution in [2.75, 3.05) is 21.1 Å². The van der Waals surface area contributed by atoms with Gasteiger partial charge in [0.25, 0.3) is 11.5 Å². The van der Waals surface area contributed by atoms with Crippen molar-refractivity contribution in [2.45, 2.75) is 45.1 Å². The lowest BCUT2D eigenvalue weighted by atomic mass is 10.00. The standard InChI is InChI=1S/C23H29N5O2/c1-24-20-17(22(29)26(2)3)14-18-21(25-19-12-8-9-13-27(19)23(18)30)28(20)15-16-10-6-4-5-7-11-16/h8-9,12-14,16H,4-7,10-11,15H2,1-3H3. The van der Waals surface area contributed by atoms with E-state index in [1.165, 1.54) is 35.0 Å². The van der Waals surface area contributed by atoms with Crippen LogP contribution in [0, 0.1) is 5.92 Å². The summed E-state index contributed by atoms with van der Waals surface area (Å²) in [6.07, 6.45) is 9.00. The van der Waals surface area contributed by atoms with Gasteiger partial charge in [-0.25, -0.2) is 4.98 Å². The molecule has 7 heteroatoms. The molecule has 0 bridgehead atoms. The summed E-state index contributed by atoms with van der Waals surface area (Å²) in [5.41, 5.74) is 2.07. The lowest BCUT2D eigenvalue weighted by Gasteiger charge is -2.21. The van der Waals surface area contributed by atoms with Crippen molar-refractivity contribution in [2.24, 2.45) is 10.9 Å². The fraction of sp³-hybridized carbons (Fsp3) is 0.478. The van der Waals surface area contributed by atoms with Gasteiger partial charge in [-0.15, -0.1) is 0 Å². The Morgan fingerprint density at radius 3 is 2.60 bits per heavy atom. The van der Waals surface area contributed by atoms with E-state index in [0.717, 1.165) is 12.8 Å². The van der Waals surface area contributed by atoms with Crippen molar-refractivity contribution in [3.05, 3.63) is 51.9 Å². The minimum atomic E-state index is -0.166. The largest absolute Gasteiger partial charge is 0.345 e. The summed E-state index contributed by atoms with van der Waals surface area (Å²) in [5, 5.41) is 0.449. The zero-order chi connectivity index (χ0) is 21.3. The molecule has 4 rings (SSSR count). The summed E-state index contributed by atoms with van der Waals surface area (Å²) >= 11 is 0. The van der Waals surface area contributed by atoms with Gasteiger partial charge in [-0.2, -0.15) is 0 Å². The third-order valence-corrected chi connectivity index (χ3v) is 6.05. The quantitative estimate of drug-likeness (QED) is 0.495. The minimum Gasteiger partial charge on any atom is -0.345 e. The number of aromatic nitrogens is 3. The fourth-order valence-corrected chi connectivity index (χ4v) is 4.49. The molecule has 0 atom stereocenters. The Kier molecular flexibility index (Phi) is 5.70. The van der Waals surface area contributed by atoms with E-state index in [1.807, 2.05) is 22.8 Å². The maximum Gasteiger partial charge on any atom is 0.267 e. The number of carbonyl (C=O) groups excluding carboxylic acids is 1. The van der Waals surface area contributed by atoms with Crippen LogP contribution in [0.5, 0.6) is 0 Å². The van der Waals surface area contributed by atoms with Crippen LogP contribution in [-0.2, 0) is 6.54 Å². The number of rotatable bonds is 3. The van der Waals surface area contributed by atoms with Crippen LogP contribution in [0.3, 0.4) is 0 Å². The molecule has 0 N–H and O–H groups in total. The average Bonchev–Trinajstić information content (AvgIpc) is 3.02. The van der Waals surface area contributed by atoms with E-state index in [-0.39, 0.29) is 11.5 Å². The maximum absolute atomic E-state index is 13.3. The summed E-state index contributed by atoms with van der Waals surface area (Å²) in [7, 11) is 5.13. The maximum atomic E-state index is 13.3. The molecule has 0 unspecified atom stereocenters. The molecule has 1 fully saturated rings. The van der Waals surface area contributed by atoms with Gasteiger partial charge in [-0.05, 0) is 37.0 Å². The van der Waals surface area contributed by atoms with Gasteiger partial charge in [0.05, 0.1) is 10.9 Å². The molecule has 0 spiro atoms. The molecule has 1 aliphatic carbocycles. The van der Waals surface area contributed by atoms with E-state index in [2.05, 4.69) is 4.99 Å². The third-order valence-electron chi connectivity index (χ3n) is 6.05. The van der Waals surface area contributed by atoms with Gasteiger partial charge in [0.2, 0.25) is 0 Å². The van der Waals surface area contributed by atoms with Crippen LogP contribution in [0.4, 0.5) is 0 Å². The van der Waals surface area contributed by atoms with E-state index in [4.69, 9.17) is 4.98 Å². The summed E-state index contributed by atoms with van der Waals surface area (Å²) in [6, 6.07) is 7.18. The molecule has 30 heavy (non-hydrogen) atoms. The molecule has 0 aliphatic heterocycles. The number of nitrogens with zero attached hydrogens (tertiary/aromatic N) is 5. The Morgan fingerprint density at radius 2 is 1.93 bits per heavy atom. The van der Waals surface area contributed by atoms with Crippen molar-refractivity contribution >= 4 is 22.6 Å². The van der Waals surface area contributed by atoms with E-state index in [1.54, 1.807) is 33.4 Å². The number of fused-ring (bicyclic) bond motifs is 2. The number of carbonyl (C=O) groups is 1. The van der Waals surface area contributed by atoms with Crippen molar-refractivity contribution in [1.29, 1.82) is 0 Å². The summed E-state index contributed by atoms with van der Waals surface area (Å²) < 4.78 is 3.54. The first-order valence-corrected chi connectivity index (χ1v) is 10.7. The van der Waals surface area contributed by atoms with Gasteiger partial charge in [0.1, 0.15) is 16.8 Å². The van der Waals surface area contributed by atoms with Crippen LogP contribution >= 0.6 is 0 Å². The Labute approximate surface area is 175 Å². The van der Waals surface area contributed by atoms with Crippen LogP contribution in [0.1, 0.15) is 48.9 Å². The molecular weight excluding hydrogens is 378 g/mol. The van der Waals surface area contributed by atoms with Crippen molar-refractivity contribution in [3.8, 4) is 0 Å². The first-order chi connectivity index (χ1) is 14.5. The first-order valence-electron chi connectivity index (χ1n) is 10.7. The average molecular weight is 408 g/mol. The molecule has 3 heterocycles. The van der Waals surface area contributed by atoms with Crippen molar-refractivity contribution in [3.63, 3.8) is 0 Å². The number of hydrogen-bond donors (Lipinski definition) is 0. The molecule has 0 radical (unpaired) electrons. The molecule has 1 amide bonds. The van der Waals surface area contributed by atoms with E-state index >= 15 is 0 Å². The highest BCUT2D eigenvalue weighted by Gasteiger charge is 2.21. The molecule has 158 valence electrons. The summed E-state index contributed by atoms with van der Waals surface area (Å²) in [5.74, 6) is 0.326. The highest BCUT2D eigenvalue weighted by molar-refractivity contribution is 5.96. The van der Waals surface area contributed by atoms with Crippen LogP contribution < -0.4 is 11.0 Å². The van der Waals surface area contributed by atoms with Gasteiger partial charge in [-0.3, -0.25) is 19.0 Å². The first kappa shape index (κ1) is 20.3. The molecule has 0 saturated heterocycles.